The summed E-state index contributed by atoms with van der Waals surface area (Å²) in [6, 6.07) is 9.57. The summed E-state index contributed by atoms with van der Waals surface area (Å²) in [6.07, 6.45) is 5.31. The van der Waals surface area contributed by atoms with Gasteiger partial charge in [0.15, 0.2) is 0 Å². The van der Waals surface area contributed by atoms with Gasteiger partial charge in [-0.2, -0.15) is 0 Å². The van der Waals surface area contributed by atoms with Crippen LogP contribution >= 0.6 is 11.6 Å². The summed E-state index contributed by atoms with van der Waals surface area (Å²) in [5.74, 6) is 0.309. The molecule has 2 heterocycles. The van der Waals surface area contributed by atoms with Gasteiger partial charge in [0, 0.05) is 18.8 Å². The lowest BCUT2D eigenvalue weighted by molar-refractivity contribution is 0.0919. The predicted octanol–water partition coefficient (Wildman–Crippen LogP) is 3.68. The number of nitrogens with zero attached hydrogens (tertiary/aromatic N) is 2. The summed E-state index contributed by atoms with van der Waals surface area (Å²) in [7, 11) is 0. The third-order valence-electron chi connectivity index (χ3n) is 5.60. The first-order valence-electron chi connectivity index (χ1n) is 9.62. The molecule has 2 N–H and O–H groups in total. The lowest BCUT2D eigenvalue weighted by Crippen LogP contribution is -2.38. The number of aryl methyl sites for hydroxylation is 1. The van der Waals surface area contributed by atoms with Gasteiger partial charge in [0.2, 0.25) is 0 Å². The Balaban J connectivity index is 1.37. The molecule has 0 bridgehead atoms. The molecule has 1 aromatic carbocycles. The van der Waals surface area contributed by atoms with Gasteiger partial charge < -0.3 is 10.3 Å². The second-order valence-corrected chi connectivity index (χ2v) is 7.97. The van der Waals surface area contributed by atoms with Gasteiger partial charge in [0.1, 0.15) is 0 Å². The van der Waals surface area contributed by atoms with Crippen LogP contribution in [-0.2, 0) is 6.54 Å². The Labute approximate surface area is 167 Å². The highest BCUT2D eigenvalue weighted by Gasteiger charge is 2.24. The van der Waals surface area contributed by atoms with E-state index in [0.29, 0.717) is 28.7 Å². The average molecular weight is 399 g/mol. The molecule has 1 aliphatic carbocycles. The number of imidazole rings is 1. The van der Waals surface area contributed by atoms with Gasteiger partial charge in [-0.15, -0.1) is 0 Å². The fraction of sp³-hybridized carbons (Fsp3) is 0.381. The van der Waals surface area contributed by atoms with E-state index in [2.05, 4.69) is 15.3 Å². The van der Waals surface area contributed by atoms with Crippen LogP contribution in [0.15, 0.2) is 41.3 Å². The number of aromatic nitrogens is 3. The number of benzene rings is 1. The molecule has 1 saturated carbocycles. The van der Waals surface area contributed by atoms with Gasteiger partial charge >= 0.3 is 5.69 Å². The van der Waals surface area contributed by atoms with E-state index in [0.717, 1.165) is 36.7 Å². The molecule has 3 aromatic rings. The van der Waals surface area contributed by atoms with Crippen molar-refractivity contribution in [3.8, 4) is 0 Å². The maximum absolute atomic E-state index is 12.6. The zero-order valence-electron chi connectivity index (χ0n) is 15.7. The zero-order valence-corrected chi connectivity index (χ0v) is 16.5. The second-order valence-electron chi connectivity index (χ2n) is 7.54. The maximum atomic E-state index is 12.6. The summed E-state index contributed by atoms with van der Waals surface area (Å²) in [5, 5.41) is 3.57. The number of amides is 1. The molecule has 1 fully saturated rings. The van der Waals surface area contributed by atoms with Gasteiger partial charge in [0.25, 0.3) is 5.91 Å². The maximum Gasteiger partial charge on any atom is 0.326 e. The number of hydrogen-bond acceptors (Lipinski definition) is 3. The van der Waals surface area contributed by atoms with Gasteiger partial charge in [0.05, 0.1) is 27.3 Å². The van der Waals surface area contributed by atoms with Crippen LogP contribution in [0.25, 0.3) is 11.0 Å². The van der Waals surface area contributed by atoms with Crippen LogP contribution in [-0.4, -0.2) is 26.5 Å². The van der Waals surface area contributed by atoms with Crippen LogP contribution in [0.1, 0.15) is 41.7 Å². The average Bonchev–Trinajstić information content (AvgIpc) is 3.00. The number of rotatable bonds is 4. The van der Waals surface area contributed by atoms with Crippen molar-refractivity contribution >= 4 is 28.5 Å². The van der Waals surface area contributed by atoms with Crippen molar-refractivity contribution < 1.29 is 4.79 Å². The van der Waals surface area contributed by atoms with E-state index in [1.54, 1.807) is 19.2 Å². The molecule has 7 heteroatoms. The van der Waals surface area contributed by atoms with Gasteiger partial charge in [-0.3, -0.25) is 14.3 Å². The van der Waals surface area contributed by atoms with Gasteiger partial charge in [-0.05, 0) is 56.7 Å². The Morgan fingerprint density at radius 3 is 2.82 bits per heavy atom. The van der Waals surface area contributed by atoms with Gasteiger partial charge in [-0.25, -0.2) is 4.79 Å². The summed E-state index contributed by atoms with van der Waals surface area (Å²) >= 11 is 5.97. The highest BCUT2D eigenvalue weighted by Crippen LogP contribution is 2.27. The van der Waals surface area contributed by atoms with Crippen LogP contribution < -0.4 is 11.0 Å². The van der Waals surface area contributed by atoms with Crippen LogP contribution in [0, 0.1) is 12.8 Å². The Hall–Kier alpha value is -2.60. The molecule has 2 aromatic heterocycles. The Bertz CT molecular complexity index is 1060. The zero-order chi connectivity index (χ0) is 19.7. The van der Waals surface area contributed by atoms with Gasteiger partial charge in [-0.1, -0.05) is 23.7 Å². The van der Waals surface area contributed by atoms with E-state index in [4.69, 9.17) is 11.6 Å². The third kappa shape index (κ3) is 3.83. The van der Waals surface area contributed by atoms with Crippen molar-refractivity contribution in [2.24, 2.45) is 5.92 Å². The minimum absolute atomic E-state index is 0.0550. The molecule has 6 nitrogen and oxygen atoms in total. The van der Waals surface area contributed by atoms with E-state index in [1.807, 2.05) is 28.8 Å². The number of halogens is 1. The predicted molar refractivity (Wildman–Crippen MR) is 110 cm³/mol. The van der Waals surface area contributed by atoms with Crippen molar-refractivity contribution in [1.29, 1.82) is 0 Å². The molecule has 28 heavy (non-hydrogen) atoms. The first kappa shape index (κ1) is 18.7. The molecule has 4 rings (SSSR count). The van der Waals surface area contributed by atoms with Crippen LogP contribution in [0.4, 0.5) is 0 Å². The quantitative estimate of drug-likeness (QED) is 0.703. The van der Waals surface area contributed by atoms with Crippen LogP contribution in [0.2, 0.25) is 5.02 Å². The Morgan fingerprint density at radius 1 is 1.29 bits per heavy atom. The minimum Gasteiger partial charge on any atom is -0.349 e. The normalized spacial score (nSPS) is 19.6. The highest BCUT2D eigenvalue weighted by molar-refractivity contribution is 6.30. The fourth-order valence-corrected chi connectivity index (χ4v) is 4.19. The molecule has 146 valence electrons. The molecule has 0 unspecified atom stereocenters. The third-order valence-corrected chi connectivity index (χ3v) is 5.81. The monoisotopic (exact) mass is 398 g/mol. The molecule has 0 saturated heterocycles. The number of aromatic amines is 1. The molecule has 0 atom stereocenters. The standard InChI is InChI=1S/C21H23ClN4O2/c1-13-17(10-15(22)11-23-13)20(27)24-16-8-6-14(7-9-16)12-26-19-5-3-2-4-18(19)25-21(26)28/h2-5,10-11,14,16H,6-9,12H2,1H3,(H,24,27)(H,25,28)/t14-,16-. The Morgan fingerprint density at radius 2 is 2.04 bits per heavy atom. The largest absolute Gasteiger partial charge is 0.349 e. The number of carbonyl (C=O) groups is 1. The lowest BCUT2D eigenvalue weighted by Gasteiger charge is -2.29. The number of carbonyl (C=O) groups excluding carboxylic acids is 1. The van der Waals surface area contributed by atoms with Crippen molar-refractivity contribution in [2.75, 3.05) is 0 Å². The second kappa shape index (κ2) is 7.80. The van der Waals surface area contributed by atoms with E-state index in [9.17, 15) is 9.59 Å². The smallest absolute Gasteiger partial charge is 0.326 e. The molecule has 0 radical (unpaired) electrons. The number of hydrogen-bond donors (Lipinski definition) is 2. The number of fused-ring (bicyclic) bond motifs is 1. The van der Waals surface area contributed by atoms with E-state index >= 15 is 0 Å². The summed E-state index contributed by atoms with van der Waals surface area (Å²) < 4.78 is 1.83. The topological polar surface area (TPSA) is 79.8 Å². The summed E-state index contributed by atoms with van der Waals surface area (Å²) in [5.41, 5.74) is 2.97. The summed E-state index contributed by atoms with van der Waals surface area (Å²) in [4.78, 5) is 31.9. The number of nitrogens with one attached hydrogen (secondary N) is 2. The molecule has 0 aliphatic heterocycles. The van der Waals surface area contributed by atoms with Crippen molar-refractivity contribution in [1.82, 2.24) is 19.9 Å². The van der Waals surface area contributed by atoms with E-state index < -0.39 is 0 Å². The highest BCUT2D eigenvalue weighted by atomic mass is 35.5. The summed E-state index contributed by atoms with van der Waals surface area (Å²) in [6.45, 7) is 2.52. The lowest BCUT2D eigenvalue weighted by atomic mass is 9.85. The SMILES string of the molecule is Cc1ncc(Cl)cc1C(=O)N[C@H]1CC[C@H](Cn2c(=O)[nH]c3ccccc32)CC1. The minimum atomic E-state index is -0.121. The van der Waals surface area contributed by atoms with E-state index in [-0.39, 0.29) is 17.6 Å². The number of para-hydroxylation sites is 2. The first-order chi connectivity index (χ1) is 13.5. The molecular formula is C21H23ClN4O2. The van der Waals surface area contributed by atoms with Crippen LogP contribution in [0.5, 0.6) is 0 Å². The van der Waals surface area contributed by atoms with Crippen molar-refractivity contribution in [3.63, 3.8) is 0 Å². The fourth-order valence-electron chi connectivity index (χ4n) is 4.04. The van der Waals surface area contributed by atoms with E-state index in [1.165, 1.54) is 0 Å². The molecule has 1 amide bonds. The van der Waals surface area contributed by atoms with Crippen molar-refractivity contribution in [3.05, 3.63) is 63.3 Å². The number of H-pyrrole nitrogens is 1. The Kier molecular flexibility index (Phi) is 5.22. The molecule has 0 spiro atoms. The molecule has 1 aliphatic rings. The molecular weight excluding hydrogens is 376 g/mol. The number of pyridine rings is 1. The van der Waals surface area contributed by atoms with Crippen molar-refractivity contribution in [2.45, 2.75) is 45.2 Å². The first-order valence-corrected chi connectivity index (χ1v) is 9.99. The van der Waals surface area contributed by atoms with Crippen LogP contribution in [0.3, 0.4) is 0 Å².